The fourth-order valence-corrected chi connectivity index (χ4v) is 3.23. The zero-order valence-electron chi connectivity index (χ0n) is 14.2. The van der Waals surface area contributed by atoms with Crippen LogP contribution < -0.4 is 10.6 Å². The smallest absolute Gasteiger partial charge is 0.315 e. The molecule has 0 saturated heterocycles. The van der Waals surface area contributed by atoms with Gasteiger partial charge in [0.05, 0.1) is 30.1 Å². The van der Waals surface area contributed by atoms with Gasteiger partial charge in [0, 0.05) is 11.8 Å². The number of aliphatic hydroxyl groups is 1. The Bertz CT molecular complexity index is 723. The monoisotopic (exact) mass is 346 g/mol. The number of amides is 2. The molecule has 3 rings (SSSR count). The molecule has 1 aliphatic rings. The number of aromatic nitrogens is 2. The van der Waals surface area contributed by atoms with Gasteiger partial charge in [-0.3, -0.25) is 0 Å². The van der Waals surface area contributed by atoms with Crippen molar-refractivity contribution in [3.63, 3.8) is 0 Å². The number of benzene rings is 1. The normalized spacial score (nSPS) is 17.2. The second-order valence-corrected chi connectivity index (χ2v) is 6.66. The molecule has 0 bridgehead atoms. The fraction of sp³-hybridized carbons (Fsp3) is 0.444. The van der Waals surface area contributed by atoms with Crippen molar-refractivity contribution in [2.24, 2.45) is 0 Å². The lowest BCUT2D eigenvalue weighted by Crippen LogP contribution is -2.53. The molecule has 1 atom stereocenters. The van der Waals surface area contributed by atoms with Crippen molar-refractivity contribution < 1.29 is 14.3 Å². The van der Waals surface area contributed by atoms with Crippen LogP contribution in [0, 0.1) is 5.82 Å². The Morgan fingerprint density at radius 2 is 2.04 bits per heavy atom. The third-order valence-corrected chi connectivity index (χ3v) is 4.78. The Morgan fingerprint density at radius 3 is 2.68 bits per heavy atom. The first-order valence-electron chi connectivity index (χ1n) is 8.51. The molecule has 134 valence electrons. The molecule has 25 heavy (non-hydrogen) atoms. The van der Waals surface area contributed by atoms with E-state index in [2.05, 4.69) is 15.7 Å². The number of carbonyl (C=O) groups excluding carboxylic acids is 1. The summed E-state index contributed by atoms with van der Waals surface area (Å²) in [6.45, 7) is 1.82. The molecule has 2 aromatic rings. The largest absolute Gasteiger partial charge is 0.394 e. The van der Waals surface area contributed by atoms with E-state index in [4.69, 9.17) is 0 Å². The van der Waals surface area contributed by atoms with Gasteiger partial charge in [-0.2, -0.15) is 5.10 Å². The van der Waals surface area contributed by atoms with Gasteiger partial charge in [-0.15, -0.1) is 0 Å². The number of rotatable bonds is 5. The van der Waals surface area contributed by atoms with Crippen molar-refractivity contribution in [3.05, 3.63) is 48.0 Å². The predicted octanol–water partition coefficient (Wildman–Crippen LogP) is 2.68. The summed E-state index contributed by atoms with van der Waals surface area (Å²) in [5.41, 5.74) is 1.08. The summed E-state index contributed by atoms with van der Waals surface area (Å²) in [5, 5.41) is 19.6. The van der Waals surface area contributed by atoms with Gasteiger partial charge in [-0.1, -0.05) is 12.8 Å². The highest BCUT2D eigenvalue weighted by Gasteiger charge is 2.34. The van der Waals surface area contributed by atoms with Crippen molar-refractivity contribution >= 4 is 6.03 Å². The Balaban J connectivity index is 1.62. The molecular weight excluding hydrogens is 323 g/mol. The summed E-state index contributed by atoms with van der Waals surface area (Å²) < 4.78 is 14.6. The number of hydrogen-bond acceptors (Lipinski definition) is 3. The minimum atomic E-state index is -0.498. The molecule has 0 radical (unpaired) electrons. The average Bonchev–Trinajstić information content (AvgIpc) is 3.25. The summed E-state index contributed by atoms with van der Waals surface area (Å²) in [4.78, 5) is 12.3. The predicted molar refractivity (Wildman–Crippen MR) is 91.9 cm³/mol. The van der Waals surface area contributed by atoms with Crippen LogP contribution >= 0.6 is 0 Å². The summed E-state index contributed by atoms with van der Waals surface area (Å²) >= 11 is 0. The number of carbonyl (C=O) groups is 1. The van der Waals surface area contributed by atoms with Crippen LogP contribution in [0.3, 0.4) is 0 Å². The van der Waals surface area contributed by atoms with E-state index in [-0.39, 0.29) is 24.5 Å². The quantitative estimate of drug-likeness (QED) is 0.779. The van der Waals surface area contributed by atoms with Crippen molar-refractivity contribution in [1.29, 1.82) is 0 Å². The Morgan fingerprint density at radius 1 is 1.36 bits per heavy atom. The summed E-state index contributed by atoms with van der Waals surface area (Å²) in [6.07, 6.45) is 7.10. The zero-order valence-corrected chi connectivity index (χ0v) is 14.2. The molecule has 1 unspecified atom stereocenters. The molecule has 7 heteroatoms. The van der Waals surface area contributed by atoms with Gasteiger partial charge in [0.2, 0.25) is 0 Å². The molecule has 3 N–H and O–H groups in total. The van der Waals surface area contributed by atoms with Crippen LogP contribution in [0.15, 0.2) is 36.7 Å². The van der Waals surface area contributed by atoms with E-state index >= 15 is 0 Å². The maximum Gasteiger partial charge on any atom is 0.315 e. The lowest BCUT2D eigenvalue weighted by molar-refractivity contribution is 0.162. The van der Waals surface area contributed by atoms with Gasteiger partial charge in [0.15, 0.2) is 0 Å². The van der Waals surface area contributed by atoms with Crippen LogP contribution in [0.4, 0.5) is 9.18 Å². The second kappa shape index (κ2) is 7.23. The van der Waals surface area contributed by atoms with Crippen LogP contribution in [0.1, 0.15) is 44.2 Å². The van der Waals surface area contributed by atoms with Crippen LogP contribution in [0.5, 0.6) is 0 Å². The van der Waals surface area contributed by atoms with Gasteiger partial charge in [0.25, 0.3) is 0 Å². The zero-order chi connectivity index (χ0) is 17.9. The maximum absolute atomic E-state index is 13.0. The first kappa shape index (κ1) is 17.4. The highest BCUT2D eigenvalue weighted by atomic mass is 19.1. The lowest BCUT2D eigenvalue weighted by Gasteiger charge is -2.28. The van der Waals surface area contributed by atoms with Gasteiger partial charge < -0.3 is 15.7 Å². The number of aliphatic hydroxyl groups excluding tert-OH is 1. The minimum Gasteiger partial charge on any atom is -0.394 e. The number of halogens is 1. The number of hydrogen-bond donors (Lipinski definition) is 3. The fourth-order valence-electron chi connectivity index (χ4n) is 3.23. The van der Waals surface area contributed by atoms with Gasteiger partial charge in [-0.25, -0.2) is 13.9 Å². The Hall–Kier alpha value is -2.41. The molecule has 0 spiro atoms. The molecule has 6 nitrogen and oxygen atoms in total. The first-order chi connectivity index (χ1) is 12.0. The molecule has 1 aliphatic carbocycles. The topological polar surface area (TPSA) is 79.2 Å². The van der Waals surface area contributed by atoms with E-state index in [1.165, 1.54) is 12.1 Å². The molecular formula is C18H23FN4O2. The molecule has 0 aliphatic heterocycles. The number of urea groups is 1. The molecule has 1 aromatic carbocycles. The van der Waals surface area contributed by atoms with Crippen LogP contribution in [0.2, 0.25) is 0 Å². The van der Waals surface area contributed by atoms with Crippen molar-refractivity contribution in [1.82, 2.24) is 20.4 Å². The van der Waals surface area contributed by atoms with Crippen molar-refractivity contribution in [3.8, 4) is 5.69 Å². The van der Waals surface area contributed by atoms with Crippen LogP contribution in [-0.4, -0.2) is 33.1 Å². The van der Waals surface area contributed by atoms with E-state index < -0.39 is 5.54 Å². The van der Waals surface area contributed by atoms with Gasteiger partial charge in [-0.05, 0) is 44.0 Å². The molecule has 1 heterocycles. The first-order valence-corrected chi connectivity index (χ1v) is 8.51. The van der Waals surface area contributed by atoms with E-state index in [0.29, 0.717) is 0 Å². The van der Waals surface area contributed by atoms with Crippen LogP contribution in [-0.2, 0) is 0 Å². The highest BCUT2D eigenvalue weighted by Crippen LogP contribution is 2.29. The third-order valence-electron chi connectivity index (χ3n) is 4.78. The molecule has 2 amide bonds. The molecule has 1 saturated carbocycles. The maximum atomic E-state index is 13.0. The number of nitrogens with one attached hydrogen (secondary N) is 2. The SMILES string of the molecule is CC(NC(=O)NC1(CO)CCCC1)c1cnn(-c2ccc(F)cc2)c1. The summed E-state index contributed by atoms with van der Waals surface area (Å²) in [6, 6.07) is 5.50. The minimum absolute atomic E-state index is 0.0443. The van der Waals surface area contributed by atoms with Crippen molar-refractivity contribution in [2.75, 3.05) is 6.61 Å². The summed E-state index contributed by atoms with van der Waals surface area (Å²) in [5.74, 6) is -0.299. The lowest BCUT2D eigenvalue weighted by atomic mass is 9.99. The highest BCUT2D eigenvalue weighted by molar-refractivity contribution is 5.75. The molecule has 1 fully saturated rings. The van der Waals surface area contributed by atoms with E-state index in [1.54, 1.807) is 29.2 Å². The summed E-state index contributed by atoms with van der Waals surface area (Å²) in [7, 11) is 0. The average molecular weight is 346 g/mol. The Kier molecular flexibility index (Phi) is 5.03. The van der Waals surface area contributed by atoms with E-state index in [0.717, 1.165) is 36.9 Å². The Labute approximate surface area is 146 Å². The van der Waals surface area contributed by atoms with E-state index in [1.807, 2.05) is 6.92 Å². The third kappa shape index (κ3) is 3.99. The number of nitrogens with zero attached hydrogens (tertiary/aromatic N) is 2. The van der Waals surface area contributed by atoms with Crippen molar-refractivity contribution in [2.45, 2.75) is 44.2 Å². The molecule has 1 aromatic heterocycles. The van der Waals surface area contributed by atoms with E-state index in [9.17, 15) is 14.3 Å². The van der Waals surface area contributed by atoms with Crippen LogP contribution in [0.25, 0.3) is 5.69 Å². The standard InChI is InChI=1S/C18H23FN4O2/c1-13(21-17(25)22-18(12-24)8-2-3-9-18)14-10-20-23(11-14)16-6-4-15(19)5-7-16/h4-7,10-11,13,24H,2-3,8-9,12H2,1H3,(H2,21,22,25). The van der Waals surface area contributed by atoms with Gasteiger partial charge in [0.1, 0.15) is 5.82 Å². The second-order valence-electron chi connectivity index (χ2n) is 6.66. The van der Waals surface area contributed by atoms with Gasteiger partial charge >= 0.3 is 6.03 Å².